The fraction of sp³-hybridized carbons (Fsp3) is 0.235. The smallest absolute Gasteiger partial charge is 0.159 e. The van der Waals surface area contributed by atoms with Gasteiger partial charge in [-0.15, -0.1) is 5.10 Å². The maximum atomic E-state index is 11.6. The summed E-state index contributed by atoms with van der Waals surface area (Å²) in [5, 5.41) is 7.76. The number of fused-ring (bicyclic) bond motifs is 1. The molecule has 0 aliphatic heterocycles. The molecule has 6 nitrogen and oxygen atoms in total. The predicted octanol–water partition coefficient (Wildman–Crippen LogP) is 2.66. The number of benzene rings is 1. The number of ether oxygens (including phenoxy) is 1. The topological polar surface area (TPSA) is 68.5 Å². The van der Waals surface area contributed by atoms with Gasteiger partial charge >= 0.3 is 0 Å². The number of carbonyl (C=O) groups is 1. The number of aromatic nitrogens is 3. The number of nitrogens with zero attached hydrogens (tertiary/aromatic N) is 3. The summed E-state index contributed by atoms with van der Waals surface area (Å²) in [6.07, 6.45) is 1.76. The highest BCUT2D eigenvalue weighted by molar-refractivity contribution is 5.95. The Labute approximate surface area is 134 Å². The summed E-state index contributed by atoms with van der Waals surface area (Å²) in [5.41, 5.74) is 3.18. The fourth-order valence-corrected chi connectivity index (χ4v) is 2.34. The van der Waals surface area contributed by atoms with Gasteiger partial charge in [-0.1, -0.05) is 18.2 Å². The van der Waals surface area contributed by atoms with E-state index in [1.54, 1.807) is 30.8 Å². The minimum absolute atomic E-state index is 0.0375. The van der Waals surface area contributed by atoms with E-state index >= 15 is 0 Å². The highest BCUT2D eigenvalue weighted by Gasteiger charge is 2.09. The number of hydrogen-bond donors (Lipinski definition) is 1. The van der Waals surface area contributed by atoms with Gasteiger partial charge in [0.15, 0.2) is 11.4 Å². The predicted molar refractivity (Wildman–Crippen MR) is 88.8 cm³/mol. The van der Waals surface area contributed by atoms with Crippen LogP contribution in [0.4, 0.5) is 5.82 Å². The maximum absolute atomic E-state index is 11.6. The molecule has 0 spiro atoms. The first-order chi connectivity index (χ1) is 11.2. The molecular weight excluding hydrogens is 292 g/mol. The summed E-state index contributed by atoms with van der Waals surface area (Å²) in [5.74, 6) is 0.784. The molecule has 0 saturated heterocycles. The lowest BCUT2D eigenvalue weighted by atomic mass is 10.1. The lowest BCUT2D eigenvalue weighted by Crippen LogP contribution is -2.10. The Balaban J connectivity index is 1.99. The van der Waals surface area contributed by atoms with Crippen LogP contribution in [0.15, 0.2) is 42.6 Å². The molecule has 0 radical (unpaired) electrons. The zero-order chi connectivity index (χ0) is 16.2. The minimum atomic E-state index is 0.0375. The van der Waals surface area contributed by atoms with Crippen molar-refractivity contribution in [2.45, 2.75) is 6.92 Å². The van der Waals surface area contributed by atoms with Gasteiger partial charge in [0.2, 0.25) is 0 Å². The Kier molecular flexibility index (Phi) is 4.34. The monoisotopic (exact) mass is 310 g/mol. The quantitative estimate of drug-likeness (QED) is 0.560. The second-order valence-electron chi connectivity index (χ2n) is 5.19. The van der Waals surface area contributed by atoms with E-state index in [0.717, 1.165) is 22.7 Å². The molecule has 6 heteroatoms. The third-order valence-electron chi connectivity index (χ3n) is 3.54. The summed E-state index contributed by atoms with van der Waals surface area (Å²) >= 11 is 0. The van der Waals surface area contributed by atoms with Crippen LogP contribution in [-0.4, -0.2) is 40.6 Å². The van der Waals surface area contributed by atoms with Crippen LogP contribution in [0.25, 0.3) is 16.9 Å². The normalized spacial score (nSPS) is 10.9. The highest BCUT2D eigenvalue weighted by Crippen LogP contribution is 2.22. The number of nitrogens with one attached hydrogen (secondary N) is 1. The van der Waals surface area contributed by atoms with Crippen LogP contribution in [0, 0.1) is 0 Å². The van der Waals surface area contributed by atoms with E-state index in [-0.39, 0.29) is 5.78 Å². The lowest BCUT2D eigenvalue weighted by molar-refractivity contribution is 0.101. The number of ketones is 1. The van der Waals surface area contributed by atoms with Gasteiger partial charge in [0.1, 0.15) is 5.82 Å². The van der Waals surface area contributed by atoms with Gasteiger partial charge in [0.25, 0.3) is 0 Å². The lowest BCUT2D eigenvalue weighted by Gasteiger charge is -2.07. The summed E-state index contributed by atoms with van der Waals surface area (Å²) in [7, 11) is 1.66. The number of hydrogen-bond acceptors (Lipinski definition) is 5. The molecule has 118 valence electrons. The summed E-state index contributed by atoms with van der Waals surface area (Å²) in [4.78, 5) is 15.9. The number of imidazole rings is 1. The maximum Gasteiger partial charge on any atom is 0.159 e. The van der Waals surface area contributed by atoms with Crippen LogP contribution in [0.3, 0.4) is 0 Å². The van der Waals surface area contributed by atoms with E-state index in [1.807, 2.05) is 30.3 Å². The van der Waals surface area contributed by atoms with E-state index in [0.29, 0.717) is 18.7 Å². The molecule has 1 N–H and O–H groups in total. The number of Topliss-reactive ketones (excluding diaryl/α,β-unsaturated/α-hetero) is 1. The first kappa shape index (κ1) is 15.2. The Morgan fingerprint density at radius 3 is 2.96 bits per heavy atom. The second kappa shape index (κ2) is 6.58. The second-order valence-corrected chi connectivity index (χ2v) is 5.19. The van der Waals surface area contributed by atoms with Gasteiger partial charge in [-0.25, -0.2) is 9.50 Å². The van der Waals surface area contributed by atoms with E-state index in [4.69, 9.17) is 4.74 Å². The van der Waals surface area contributed by atoms with Crippen molar-refractivity contribution in [2.24, 2.45) is 0 Å². The molecule has 23 heavy (non-hydrogen) atoms. The van der Waals surface area contributed by atoms with Crippen molar-refractivity contribution in [2.75, 3.05) is 25.6 Å². The van der Waals surface area contributed by atoms with Crippen LogP contribution >= 0.6 is 0 Å². The van der Waals surface area contributed by atoms with E-state index in [9.17, 15) is 4.79 Å². The van der Waals surface area contributed by atoms with Crippen LogP contribution in [0.2, 0.25) is 0 Å². The van der Waals surface area contributed by atoms with Crippen molar-refractivity contribution in [3.8, 4) is 11.3 Å². The van der Waals surface area contributed by atoms with Crippen LogP contribution in [0.1, 0.15) is 17.3 Å². The molecule has 0 aliphatic carbocycles. The minimum Gasteiger partial charge on any atom is -0.383 e. The first-order valence-corrected chi connectivity index (χ1v) is 7.38. The molecule has 2 aromatic heterocycles. The molecule has 0 aliphatic rings. The van der Waals surface area contributed by atoms with Crippen molar-refractivity contribution in [3.63, 3.8) is 0 Å². The Morgan fingerprint density at radius 2 is 2.17 bits per heavy atom. The van der Waals surface area contributed by atoms with Gasteiger partial charge < -0.3 is 10.1 Å². The fourth-order valence-electron chi connectivity index (χ4n) is 2.34. The molecular formula is C17H18N4O2. The van der Waals surface area contributed by atoms with E-state index < -0.39 is 0 Å². The van der Waals surface area contributed by atoms with Crippen LogP contribution in [0.5, 0.6) is 0 Å². The molecule has 1 aromatic carbocycles. The van der Waals surface area contributed by atoms with Crippen molar-refractivity contribution in [1.29, 1.82) is 0 Å². The number of anilines is 1. The Morgan fingerprint density at radius 1 is 1.30 bits per heavy atom. The summed E-state index contributed by atoms with van der Waals surface area (Å²) in [6.45, 7) is 2.85. The number of carbonyl (C=O) groups excluding carboxylic acids is 1. The number of rotatable bonds is 6. The van der Waals surface area contributed by atoms with Gasteiger partial charge in [-0.2, -0.15) is 0 Å². The third kappa shape index (κ3) is 3.22. The molecule has 0 unspecified atom stereocenters. The average Bonchev–Trinajstić information content (AvgIpc) is 2.98. The van der Waals surface area contributed by atoms with Crippen LogP contribution < -0.4 is 5.32 Å². The van der Waals surface area contributed by atoms with Gasteiger partial charge in [-0.05, 0) is 25.1 Å². The largest absolute Gasteiger partial charge is 0.383 e. The third-order valence-corrected chi connectivity index (χ3v) is 3.54. The molecule has 0 saturated carbocycles. The van der Waals surface area contributed by atoms with Gasteiger partial charge in [-0.3, -0.25) is 4.79 Å². The molecule has 0 bridgehead atoms. The Hall–Kier alpha value is -2.73. The van der Waals surface area contributed by atoms with E-state index in [1.165, 1.54) is 0 Å². The average molecular weight is 310 g/mol. The van der Waals surface area contributed by atoms with Crippen molar-refractivity contribution >= 4 is 17.2 Å². The molecule has 0 fully saturated rings. The molecule has 2 heterocycles. The van der Waals surface area contributed by atoms with Crippen LogP contribution in [-0.2, 0) is 4.74 Å². The highest BCUT2D eigenvalue weighted by atomic mass is 16.5. The molecule has 3 aromatic rings. The summed E-state index contributed by atoms with van der Waals surface area (Å²) in [6, 6.07) is 11.3. The van der Waals surface area contributed by atoms with Crippen molar-refractivity contribution < 1.29 is 9.53 Å². The van der Waals surface area contributed by atoms with Gasteiger partial charge in [0.05, 0.1) is 18.5 Å². The summed E-state index contributed by atoms with van der Waals surface area (Å²) < 4.78 is 6.80. The standard InChI is InChI=1S/C17H18N4O2/c1-12(22)13-4-3-5-14(10-13)15-11-19-17-7-6-16(20-21(15)17)18-8-9-23-2/h3-7,10-11H,8-9H2,1-2H3,(H,18,20). The molecule has 0 amide bonds. The van der Waals surface area contributed by atoms with Crippen molar-refractivity contribution in [1.82, 2.24) is 14.6 Å². The van der Waals surface area contributed by atoms with E-state index in [2.05, 4.69) is 15.4 Å². The molecule has 0 atom stereocenters. The first-order valence-electron chi connectivity index (χ1n) is 7.38. The Bertz CT molecular complexity index is 841. The SMILES string of the molecule is COCCNc1ccc2ncc(-c3cccc(C(C)=O)c3)n2n1. The zero-order valence-corrected chi connectivity index (χ0v) is 13.1. The zero-order valence-electron chi connectivity index (χ0n) is 13.1. The van der Waals surface area contributed by atoms with Crippen molar-refractivity contribution in [3.05, 3.63) is 48.2 Å². The molecule has 3 rings (SSSR count). The number of methoxy groups -OCH3 is 1. The van der Waals surface area contributed by atoms with Gasteiger partial charge in [0, 0.05) is 24.8 Å².